The van der Waals surface area contributed by atoms with Crippen molar-refractivity contribution in [2.45, 2.75) is 39.7 Å². The van der Waals surface area contributed by atoms with Crippen molar-refractivity contribution < 1.29 is 9.47 Å². The first-order valence-electron chi connectivity index (χ1n) is 7.92. The largest absolute Gasteiger partial charge is 0.497 e. The summed E-state index contributed by atoms with van der Waals surface area (Å²) in [6.07, 6.45) is 2.17. The fourth-order valence-electron chi connectivity index (χ4n) is 2.50. The molecule has 1 N–H and O–H groups in total. The van der Waals surface area contributed by atoms with Gasteiger partial charge in [0.15, 0.2) is 0 Å². The molecule has 120 valence electrons. The predicted octanol–water partition coefficient (Wildman–Crippen LogP) is 3.52. The fourth-order valence-corrected chi connectivity index (χ4v) is 2.50. The van der Waals surface area contributed by atoms with Gasteiger partial charge in [0, 0.05) is 19.8 Å². The smallest absolute Gasteiger partial charge is 0.119 e. The third kappa shape index (κ3) is 6.96. The fraction of sp³-hybridized carbons (Fsp3) is 0.667. The van der Waals surface area contributed by atoms with Crippen LogP contribution in [0.1, 0.15) is 32.8 Å². The van der Waals surface area contributed by atoms with Gasteiger partial charge in [-0.3, -0.25) is 0 Å². The van der Waals surface area contributed by atoms with Crippen molar-refractivity contribution in [3.05, 3.63) is 29.8 Å². The molecule has 0 aliphatic carbocycles. The van der Waals surface area contributed by atoms with E-state index in [1.807, 2.05) is 6.07 Å². The molecule has 0 aromatic heterocycles. The average molecular weight is 293 g/mol. The Hall–Kier alpha value is -1.06. The van der Waals surface area contributed by atoms with Crippen LogP contribution in [-0.4, -0.2) is 33.4 Å². The minimum atomic E-state index is 0.521. The Morgan fingerprint density at radius 3 is 2.52 bits per heavy atom. The van der Waals surface area contributed by atoms with Gasteiger partial charge in [0.1, 0.15) is 5.75 Å². The molecular formula is C18H31NO2. The van der Waals surface area contributed by atoms with Crippen LogP contribution in [0.3, 0.4) is 0 Å². The molecule has 0 fully saturated rings. The van der Waals surface area contributed by atoms with Gasteiger partial charge >= 0.3 is 0 Å². The van der Waals surface area contributed by atoms with Crippen LogP contribution in [0.15, 0.2) is 24.3 Å². The molecule has 0 saturated heterocycles. The van der Waals surface area contributed by atoms with E-state index in [9.17, 15) is 0 Å². The van der Waals surface area contributed by atoms with E-state index >= 15 is 0 Å². The van der Waals surface area contributed by atoms with Crippen LogP contribution in [0.2, 0.25) is 0 Å². The van der Waals surface area contributed by atoms with Gasteiger partial charge < -0.3 is 14.8 Å². The Balaban J connectivity index is 2.69. The lowest BCUT2D eigenvalue weighted by molar-refractivity contribution is 0.163. The third-order valence-corrected chi connectivity index (χ3v) is 4.00. The molecule has 1 aromatic rings. The Labute approximate surface area is 130 Å². The molecular weight excluding hydrogens is 262 g/mol. The summed E-state index contributed by atoms with van der Waals surface area (Å²) in [6.45, 7) is 8.59. The second-order valence-electron chi connectivity index (χ2n) is 6.14. The van der Waals surface area contributed by atoms with Gasteiger partial charge in [0.25, 0.3) is 0 Å². The van der Waals surface area contributed by atoms with E-state index in [0.717, 1.165) is 31.7 Å². The summed E-state index contributed by atoms with van der Waals surface area (Å²) < 4.78 is 10.6. The maximum Gasteiger partial charge on any atom is 0.119 e. The lowest BCUT2D eigenvalue weighted by Gasteiger charge is -2.25. The first-order chi connectivity index (χ1) is 10.1. The van der Waals surface area contributed by atoms with Crippen molar-refractivity contribution in [3.8, 4) is 5.75 Å². The van der Waals surface area contributed by atoms with E-state index in [4.69, 9.17) is 9.47 Å². The molecule has 21 heavy (non-hydrogen) atoms. The molecule has 1 rings (SSSR count). The number of nitrogens with one attached hydrogen (secondary N) is 1. The lowest BCUT2D eigenvalue weighted by atomic mass is 9.85. The molecule has 3 heteroatoms. The zero-order valence-electron chi connectivity index (χ0n) is 14.2. The molecule has 1 aromatic carbocycles. The Kier molecular flexibility index (Phi) is 8.40. The van der Waals surface area contributed by atoms with Crippen LogP contribution in [0.25, 0.3) is 0 Å². The van der Waals surface area contributed by atoms with Gasteiger partial charge in [0.2, 0.25) is 0 Å². The van der Waals surface area contributed by atoms with Crippen molar-refractivity contribution in [2.75, 3.05) is 27.4 Å². The van der Waals surface area contributed by atoms with Crippen molar-refractivity contribution in [3.63, 3.8) is 0 Å². The highest BCUT2D eigenvalue weighted by molar-refractivity contribution is 5.28. The molecule has 0 heterocycles. The molecule has 2 unspecified atom stereocenters. The number of hydrogen-bond donors (Lipinski definition) is 1. The zero-order valence-corrected chi connectivity index (χ0v) is 14.2. The summed E-state index contributed by atoms with van der Waals surface area (Å²) in [5.74, 6) is 2.17. The number of methoxy groups -OCH3 is 2. The lowest BCUT2D eigenvalue weighted by Crippen LogP contribution is -2.33. The monoisotopic (exact) mass is 293 g/mol. The maximum atomic E-state index is 5.32. The van der Waals surface area contributed by atoms with Crippen LogP contribution in [-0.2, 0) is 11.2 Å². The van der Waals surface area contributed by atoms with Crippen molar-refractivity contribution in [1.29, 1.82) is 0 Å². The third-order valence-electron chi connectivity index (χ3n) is 4.00. The Morgan fingerprint density at radius 2 is 1.90 bits per heavy atom. The topological polar surface area (TPSA) is 30.5 Å². The Bertz CT molecular complexity index is 393. The highest BCUT2D eigenvalue weighted by atomic mass is 16.5. The summed E-state index contributed by atoms with van der Waals surface area (Å²) in [5.41, 5.74) is 1.34. The highest BCUT2D eigenvalue weighted by Gasteiger charge is 2.18. The molecule has 0 amide bonds. The van der Waals surface area contributed by atoms with Gasteiger partial charge in [0.05, 0.1) is 7.11 Å². The van der Waals surface area contributed by atoms with Crippen LogP contribution in [0.4, 0.5) is 0 Å². The van der Waals surface area contributed by atoms with Gasteiger partial charge in [-0.2, -0.15) is 0 Å². The summed E-state index contributed by atoms with van der Waals surface area (Å²) in [5, 5.41) is 3.58. The summed E-state index contributed by atoms with van der Waals surface area (Å²) in [7, 11) is 3.49. The summed E-state index contributed by atoms with van der Waals surface area (Å²) >= 11 is 0. The second-order valence-corrected chi connectivity index (χ2v) is 6.14. The summed E-state index contributed by atoms with van der Waals surface area (Å²) in [6, 6.07) is 8.92. The number of hydrogen-bond acceptors (Lipinski definition) is 3. The van der Waals surface area contributed by atoms with E-state index < -0.39 is 0 Å². The van der Waals surface area contributed by atoms with E-state index in [1.54, 1.807) is 14.2 Å². The van der Waals surface area contributed by atoms with E-state index in [2.05, 4.69) is 44.3 Å². The van der Waals surface area contributed by atoms with Crippen molar-refractivity contribution in [2.24, 2.45) is 11.8 Å². The average Bonchev–Trinajstić information content (AvgIpc) is 2.49. The standard InChI is InChI=1S/C18H31NO2/c1-14(2)19-13-17(15(3)9-10-20-4)11-16-7-6-8-18(12-16)21-5/h6-8,12,14-15,17,19H,9-11,13H2,1-5H3. The van der Waals surface area contributed by atoms with Crippen LogP contribution in [0, 0.1) is 11.8 Å². The molecule has 3 nitrogen and oxygen atoms in total. The minimum absolute atomic E-state index is 0.521. The first-order valence-corrected chi connectivity index (χ1v) is 7.92. The number of rotatable bonds is 10. The van der Waals surface area contributed by atoms with Gasteiger partial charge in [-0.15, -0.1) is 0 Å². The summed E-state index contributed by atoms with van der Waals surface area (Å²) in [4.78, 5) is 0. The van der Waals surface area contributed by atoms with E-state index in [-0.39, 0.29) is 0 Å². The first kappa shape index (κ1) is 18.0. The molecule has 0 radical (unpaired) electrons. The van der Waals surface area contributed by atoms with Crippen molar-refractivity contribution in [1.82, 2.24) is 5.32 Å². The minimum Gasteiger partial charge on any atom is -0.497 e. The van der Waals surface area contributed by atoms with Gasteiger partial charge in [-0.1, -0.05) is 32.9 Å². The van der Waals surface area contributed by atoms with Crippen molar-refractivity contribution >= 4 is 0 Å². The van der Waals surface area contributed by atoms with Crippen LogP contribution < -0.4 is 10.1 Å². The molecule has 0 bridgehead atoms. The second kappa shape index (κ2) is 9.80. The molecule has 0 saturated carbocycles. The normalized spacial score (nSPS) is 14.2. The molecule has 0 aliphatic heterocycles. The van der Waals surface area contributed by atoms with E-state index in [1.165, 1.54) is 5.56 Å². The molecule has 0 spiro atoms. The number of benzene rings is 1. The maximum absolute atomic E-state index is 5.32. The number of ether oxygens (including phenoxy) is 2. The predicted molar refractivity (Wildman–Crippen MR) is 89.0 cm³/mol. The zero-order chi connectivity index (χ0) is 15.7. The SMILES string of the molecule is COCCC(C)C(CNC(C)C)Cc1cccc(OC)c1. The van der Waals surface area contributed by atoms with Gasteiger partial charge in [-0.25, -0.2) is 0 Å². The van der Waals surface area contributed by atoms with Crippen LogP contribution >= 0.6 is 0 Å². The Morgan fingerprint density at radius 1 is 1.14 bits per heavy atom. The molecule has 2 atom stereocenters. The molecule has 0 aliphatic rings. The van der Waals surface area contributed by atoms with Gasteiger partial charge in [-0.05, 0) is 48.9 Å². The van der Waals surface area contributed by atoms with Crippen LogP contribution in [0.5, 0.6) is 5.75 Å². The highest BCUT2D eigenvalue weighted by Crippen LogP contribution is 2.22. The van der Waals surface area contributed by atoms with E-state index in [0.29, 0.717) is 17.9 Å². The quantitative estimate of drug-likeness (QED) is 0.716.